The fourth-order valence-electron chi connectivity index (χ4n) is 2.57. The second-order valence-corrected chi connectivity index (χ2v) is 6.98. The second kappa shape index (κ2) is 5.68. The summed E-state index contributed by atoms with van der Waals surface area (Å²) >= 11 is 2.98. The second-order valence-electron chi connectivity index (χ2n) is 6.12. The molecule has 0 radical (unpaired) electrons. The summed E-state index contributed by atoms with van der Waals surface area (Å²) < 4.78 is 13.7. The topological polar surface area (TPSA) is 55.2 Å². The van der Waals surface area contributed by atoms with Gasteiger partial charge in [0, 0.05) is 18.2 Å². The summed E-state index contributed by atoms with van der Waals surface area (Å²) in [5.41, 5.74) is 0.498. The molecule has 1 fully saturated rings. The standard InChI is InChI=1S/C14H18BrFN2O2/c1-14(2)5-3-9(4-6-14)17-12-8-11(16)10(15)7-13(12)18(19)20/h7-9,17H,3-6H2,1-2H3. The van der Waals surface area contributed by atoms with Crippen LogP contribution in [0.5, 0.6) is 0 Å². The Kier molecular flexibility index (Phi) is 4.32. The van der Waals surface area contributed by atoms with Crippen LogP contribution in [0.4, 0.5) is 15.8 Å². The molecule has 0 spiro atoms. The van der Waals surface area contributed by atoms with Crippen molar-refractivity contribution in [2.45, 2.75) is 45.6 Å². The van der Waals surface area contributed by atoms with Gasteiger partial charge >= 0.3 is 0 Å². The third-order valence-electron chi connectivity index (χ3n) is 3.93. The van der Waals surface area contributed by atoms with E-state index in [1.54, 1.807) is 0 Å². The van der Waals surface area contributed by atoms with E-state index in [9.17, 15) is 14.5 Å². The summed E-state index contributed by atoms with van der Waals surface area (Å²) in [4.78, 5) is 10.6. The molecule has 0 amide bonds. The van der Waals surface area contributed by atoms with Gasteiger partial charge in [0.15, 0.2) is 0 Å². The van der Waals surface area contributed by atoms with Crippen molar-refractivity contribution in [1.29, 1.82) is 0 Å². The summed E-state index contributed by atoms with van der Waals surface area (Å²) in [5, 5.41) is 14.2. The monoisotopic (exact) mass is 344 g/mol. The van der Waals surface area contributed by atoms with Crippen molar-refractivity contribution < 1.29 is 9.31 Å². The molecule has 1 aromatic rings. The predicted octanol–water partition coefficient (Wildman–Crippen LogP) is 4.88. The SMILES string of the molecule is CC1(C)CCC(Nc2cc(F)c(Br)cc2[N+](=O)[O-])CC1. The average molecular weight is 345 g/mol. The molecule has 4 nitrogen and oxygen atoms in total. The number of benzene rings is 1. The molecule has 1 N–H and O–H groups in total. The largest absolute Gasteiger partial charge is 0.377 e. The normalized spacial score (nSPS) is 18.8. The Morgan fingerprint density at radius 1 is 1.40 bits per heavy atom. The zero-order valence-electron chi connectivity index (χ0n) is 11.6. The van der Waals surface area contributed by atoms with Crippen molar-refractivity contribution >= 4 is 27.3 Å². The maximum absolute atomic E-state index is 13.6. The van der Waals surface area contributed by atoms with Crippen molar-refractivity contribution in [3.05, 3.63) is 32.5 Å². The van der Waals surface area contributed by atoms with E-state index >= 15 is 0 Å². The van der Waals surface area contributed by atoms with E-state index in [1.807, 2.05) is 0 Å². The number of rotatable bonds is 3. The molecule has 6 heteroatoms. The van der Waals surface area contributed by atoms with Crippen LogP contribution in [0.3, 0.4) is 0 Å². The lowest BCUT2D eigenvalue weighted by molar-refractivity contribution is -0.384. The molecule has 1 aliphatic rings. The van der Waals surface area contributed by atoms with Crippen molar-refractivity contribution in [3.63, 3.8) is 0 Å². The van der Waals surface area contributed by atoms with Crippen LogP contribution in [-0.2, 0) is 0 Å². The Morgan fingerprint density at radius 3 is 2.55 bits per heavy atom. The van der Waals surface area contributed by atoms with Gasteiger partial charge in [-0.25, -0.2) is 4.39 Å². The fourth-order valence-corrected chi connectivity index (χ4v) is 2.90. The summed E-state index contributed by atoms with van der Waals surface area (Å²) in [6.45, 7) is 4.45. The van der Waals surface area contributed by atoms with Gasteiger partial charge in [-0.15, -0.1) is 0 Å². The van der Waals surface area contributed by atoms with Gasteiger partial charge in [-0.2, -0.15) is 0 Å². The molecular weight excluding hydrogens is 327 g/mol. The number of nitro benzene ring substituents is 1. The predicted molar refractivity (Wildman–Crippen MR) is 80.4 cm³/mol. The maximum Gasteiger partial charge on any atom is 0.293 e. The summed E-state index contributed by atoms with van der Waals surface area (Å²) in [5.74, 6) is -0.491. The van der Waals surface area contributed by atoms with Gasteiger partial charge in [-0.3, -0.25) is 10.1 Å². The van der Waals surface area contributed by atoms with Gasteiger partial charge in [0.2, 0.25) is 0 Å². The first-order valence-corrected chi connectivity index (χ1v) is 7.48. The summed E-state index contributed by atoms with van der Waals surface area (Å²) in [6, 6.07) is 2.58. The Hall–Kier alpha value is -1.17. The minimum atomic E-state index is -0.491. The number of anilines is 1. The highest BCUT2D eigenvalue weighted by molar-refractivity contribution is 9.10. The van der Waals surface area contributed by atoms with E-state index in [0.29, 0.717) is 5.41 Å². The molecule has 0 aliphatic heterocycles. The van der Waals surface area contributed by atoms with Crippen LogP contribution >= 0.6 is 15.9 Å². The van der Waals surface area contributed by atoms with Gasteiger partial charge in [0.1, 0.15) is 11.5 Å². The fraction of sp³-hybridized carbons (Fsp3) is 0.571. The Labute approximate surface area is 126 Å². The molecule has 1 saturated carbocycles. The highest BCUT2D eigenvalue weighted by Gasteiger charge is 2.28. The van der Waals surface area contributed by atoms with Gasteiger partial charge < -0.3 is 5.32 Å². The Morgan fingerprint density at radius 2 is 2.00 bits per heavy atom. The van der Waals surface area contributed by atoms with E-state index in [4.69, 9.17) is 0 Å². The minimum Gasteiger partial charge on any atom is -0.377 e. The Bertz CT molecular complexity index is 524. The maximum atomic E-state index is 13.6. The van der Waals surface area contributed by atoms with Crippen LogP contribution in [0.1, 0.15) is 39.5 Å². The zero-order valence-corrected chi connectivity index (χ0v) is 13.2. The van der Waals surface area contributed by atoms with E-state index in [2.05, 4.69) is 35.1 Å². The smallest absolute Gasteiger partial charge is 0.293 e. The van der Waals surface area contributed by atoms with Crippen LogP contribution in [-0.4, -0.2) is 11.0 Å². The highest BCUT2D eigenvalue weighted by atomic mass is 79.9. The molecule has 0 atom stereocenters. The molecular formula is C14H18BrFN2O2. The molecule has 1 aliphatic carbocycles. The lowest BCUT2D eigenvalue weighted by atomic mass is 9.75. The third kappa shape index (κ3) is 3.48. The molecule has 1 aromatic carbocycles. The first kappa shape index (κ1) is 15.2. The number of nitro groups is 1. The number of nitrogens with zero attached hydrogens (tertiary/aromatic N) is 1. The van der Waals surface area contributed by atoms with Crippen molar-refractivity contribution in [1.82, 2.24) is 0 Å². The highest BCUT2D eigenvalue weighted by Crippen LogP contribution is 2.38. The Balaban J connectivity index is 2.17. The first-order chi connectivity index (χ1) is 9.28. The average Bonchev–Trinajstić information content (AvgIpc) is 2.35. The zero-order chi connectivity index (χ0) is 14.9. The van der Waals surface area contributed by atoms with E-state index in [1.165, 1.54) is 12.1 Å². The number of hydrogen-bond acceptors (Lipinski definition) is 3. The minimum absolute atomic E-state index is 0.0943. The van der Waals surface area contributed by atoms with Crippen molar-refractivity contribution in [3.8, 4) is 0 Å². The van der Waals surface area contributed by atoms with Crippen LogP contribution < -0.4 is 5.32 Å². The van der Waals surface area contributed by atoms with Crippen LogP contribution in [0, 0.1) is 21.3 Å². The van der Waals surface area contributed by atoms with E-state index in [0.717, 1.165) is 25.7 Å². The molecule has 0 heterocycles. The summed E-state index contributed by atoms with van der Waals surface area (Å²) in [6.07, 6.45) is 4.03. The van der Waals surface area contributed by atoms with E-state index < -0.39 is 10.7 Å². The van der Waals surface area contributed by atoms with Crippen LogP contribution in [0.25, 0.3) is 0 Å². The van der Waals surface area contributed by atoms with Gasteiger partial charge in [0.05, 0.1) is 9.40 Å². The molecule has 110 valence electrons. The van der Waals surface area contributed by atoms with Crippen LogP contribution in [0.15, 0.2) is 16.6 Å². The number of nitrogens with one attached hydrogen (secondary N) is 1. The van der Waals surface area contributed by atoms with Gasteiger partial charge in [-0.1, -0.05) is 13.8 Å². The molecule has 20 heavy (non-hydrogen) atoms. The van der Waals surface area contributed by atoms with E-state index in [-0.39, 0.29) is 21.9 Å². The van der Waals surface area contributed by atoms with Gasteiger partial charge in [-0.05, 0) is 47.0 Å². The quantitative estimate of drug-likeness (QED) is 0.628. The summed E-state index contributed by atoms with van der Waals surface area (Å²) in [7, 11) is 0. The van der Waals surface area contributed by atoms with Crippen molar-refractivity contribution in [2.75, 3.05) is 5.32 Å². The lowest BCUT2D eigenvalue weighted by Crippen LogP contribution is -2.30. The van der Waals surface area contributed by atoms with Gasteiger partial charge in [0.25, 0.3) is 5.69 Å². The molecule has 0 bridgehead atoms. The first-order valence-electron chi connectivity index (χ1n) is 6.68. The number of halogens is 2. The molecule has 0 aromatic heterocycles. The third-order valence-corrected chi connectivity index (χ3v) is 4.54. The molecule has 0 saturated heterocycles. The lowest BCUT2D eigenvalue weighted by Gasteiger charge is -2.35. The molecule has 0 unspecified atom stereocenters. The van der Waals surface area contributed by atoms with Crippen molar-refractivity contribution in [2.24, 2.45) is 5.41 Å². The van der Waals surface area contributed by atoms with Crippen LogP contribution in [0.2, 0.25) is 0 Å². The molecule has 2 rings (SSSR count). The number of hydrogen-bond donors (Lipinski definition) is 1.